The second kappa shape index (κ2) is 3.34. The summed E-state index contributed by atoms with van der Waals surface area (Å²) >= 11 is 0. The van der Waals surface area contributed by atoms with E-state index in [-0.39, 0.29) is 0 Å². The van der Waals surface area contributed by atoms with E-state index in [0.717, 1.165) is 5.69 Å². The minimum absolute atomic E-state index is 0.386. The van der Waals surface area contributed by atoms with Crippen LogP contribution in [0, 0.1) is 0 Å². The van der Waals surface area contributed by atoms with E-state index in [0.29, 0.717) is 18.9 Å². The van der Waals surface area contributed by atoms with Crippen molar-refractivity contribution in [2.45, 2.75) is 13.2 Å². The van der Waals surface area contributed by atoms with Crippen molar-refractivity contribution >= 4 is 0 Å². The van der Waals surface area contributed by atoms with Crippen LogP contribution in [0.5, 0.6) is 0 Å². The first kappa shape index (κ1) is 7.24. The first-order valence-electron chi connectivity index (χ1n) is 3.00. The van der Waals surface area contributed by atoms with Crippen molar-refractivity contribution in [2.24, 2.45) is 5.73 Å². The Morgan fingerprint density at radius 2 is 2.60 bits per heavy atom. The van der Waals surface area contributed by atoms with Gasteiger partial charge in [-0.1, -0.05) is 5.16 Å². The van der Waals surface area contributed by atoms with E-state index in [1.807, 2.05) is 0 Å². The Kier molecular flexibility index (Phi) is 2.42. The summed E-state index contributed by atoms with van der Waals surface area (Å²) in [5.74, 6) is 0.687. The van der Waals surface area contributed by atoms with Gasteiger partial charge in [0.15, 0.2) is 5.76 Å². The van der Waals surface area contributed by atoms with E-state index in [1.54, 1.807) is 13.2 Å². The molecule has 0 aliphatic heterocycles. The van der Waals surface area contributed by atoms with Crippen molar-refractivity contribution in [3.05, 3.63) is 17.5 Å². The molecule has 0 saturated heterocycles. The lowest BCUT2D eigenvalue weighted by atomic mass is 10.4. The number of methoxy groups -OCH3 is 1. The molecule has 0 aliphatic rings. The van der Waals surface area contributed by atoms with Crippen LogP contribution in [0.25, 0.3) is 0 Å². The van der Waals surface area contributed by atoms with Crippen molar-refractivity contribution in [3.63, 3.8) is 0 Å². The molecule has 10 heavy (non-hydrogen) atoms. The van der Waals surface area contributed by atoms with Gasteiger partial charge in [0, 0.05) is 13.2 Å². The fraction of sp³-hybridized carbons (Fsp3) is 0.500. The Labute approximate surface area is 58.9 Å². The predicted octanol–water partition coefficient (Wildman–Crippen LogP) is 0.280. The number of ether oxygens (including phenoxy) is 1. The molecular weight excluding hydrogens is 132 g/mol. The van der Waals surface area contributed by atoms with Crippen LogP contribution in [0.15, 0.2) is 10.6 Å². The molecule has 1 heterocycles. The van der Waals surface area contributed by atoms with E-state index in [4.69, 9.17) is 15.0 Å². The molecule has 0 fully saturated rings. The molecule has 0 bridgehead atoms. The lowest BCUT2D eigenvalue weighted by molar-refractivity contribution is 0.177. The summed E-state index contributed by atoms with van der Waals surface area (Å²) in [6.07, 6.45) is 0. The summed E-state index contributed by atoms with van der Waals surface area (Å²) < 4.78 is 9.63. The Balaban J connectivity index is 2.59. The molecule has 1 rings (SSSR count). The van der Waals surface area contributed by atoms with Crippen molar-refractivity contribution in [3.8, 4) is 0 Å². The van der Waals surface area contributed by atoms with Gasteiger partial charge in [-0.15, -0.1) is 0 Å². The topological polar surface area (TPSA) is 61.3 Å². The van der Waals surface area contributed by atoms with Crippen molar-refractivity contribution in [2.75, 3.05) is 7.11 Å². The molecular formula is C6H10N2O2. The largest absolute Gasteiger partial charge is 0.378 e. The molecule has 0 radical (unpaired) electrons. The van der Waals surface area contributed by atoms with Gasteiger partial charge < -0.3 is 15.0 Å². The van der Waals surface area contributed by atoms with E-state index >= 15 is 0 Å². The first-order chi connectivity index (χ1) is 4.86. The fourth-order valence-corrected chi connectivity index (χ4v) is 0.668. The number of aromatic nitrogens is 1. The van der Waals surface area contributed by atoms with Crippen LogP contribution in [0.1, 0.15) is 11.5 Å². The van der Waals surface area contributed by atoms with Crippen LogP contribution in [-0.2, 0) is 17.9 Å². The quantitative estimate of drug-likeness (QED) is 0.658. The van der Waals surface area contributed by atoms with Gasteiger partial charge in [-0.3, -0.25) is 0 Å². The number of hydrogen-bond acceptors (Lipinski definition) is 4. The smallest absolute Gasteiger partial charge is 0.150 e. The highest BCUT2D eigenvalue weighted by atomic mass is 16.5. The molecule has 56 valence electrons. The van der Waals surface area contributed by atoms with Gasteiger partial charge in [-0.05, 0) is 0 Å². The summed E-state index contributed by atoms with van der Waals surface area (Å²) in [4.78, 5) is 0. The SMILES string of the molecule is COCc1cc(CN)on1. The minimum atomic E-state index is 0.386. The summed E-state index contributed by atoms with van der Waals surface area (Å²) in [6, 6.07) is 1.78. The Morgan fingerprint density at radius 3 is 3.10 bits per heavy atom. The van der Waals surface area contributed by atoms with Gasteiger partial charge in [-0.25, -0.2) is 0 Å². The molecule has 0 atom stereocenters. The van der Waals surface area contributed by atoms with E-state index in [9.17, 15) is 0 Å². The average molecular weight is 142 g/mol. The zero-order chi connectivity index (χ0) is 7.40. The third-order valence-corrected chi connectivity index (χ3v) is 1.10. The van der Waals surface area contributed by atoms with Gasteiger partial charge in [0.05, 0.1) is 13.2 Å². The third-order valence-electron chi connectivity index (χ3n) is 1.10. The highest BCUT2D eigenvalue weighted by Crippen LogP contribution is 2.02. The Hall–Kier alpha value is -0.870. The van der Waals surface area contributed by atoms with Gasteiger partial charge in [0.2, 0.25) is 0 Å². The molecule has 0 amide bonds. The van der Waals surface area contributed by atoms with E-state index in [2.05, 4.69) is 5.16 Å². The summed E-state index contributed by atoms with van der Waals surface area (Å²) in [5, 5.41) is 3.70. The van der Waals surface area contributed by atoms with Crippen LogP contribution >= 0.6 is 0 Å². The maximum atomic E-state index is 5.28. The lowest BCUT2D eigenvalue weighted by Gasteiger charge is -1.86. The van der Waals surface area contributed by atoms with Gasteiger partial charge in [0.1, 0.15) is 5.69 Å². The van der Waals surface area contributed by atoms with Crippen molar-refractivity contribution in [1.29, 1.82) is 0 Å². The molecule has 0 aliphatic carbocycles. The molecule has 4 heteroatoms. The summed E-state index contributed by atoms with van der Waals surface area (Å²) in [7, 11) is 1.61. The molecule has 0 aromatic carbocycles. The van der Waals surface area contributed by atoms with Gasteiger partial charge in [0.25, 0.3) is 0 Å². The maximum Gasteiger partial charge on any atom is 0.150 e. The first-order valence-corrected chi connectivity index (χ1v) is 3.00. The average Bonchev–Trinajstić information content (AvgIpc) is 2.37. The second-order valence-corrected chi connectivity index (χ2v) is 1.92. The molecule has 4 nitrogen and oxygen atoms in total. The number of rotatable bonds is 3. The zero-order valence-corrected chi connectivity index (χ0v) is 5.83. The maximum absolute atomic E-state index is 5.28. The lowest BCUT2D eigenvalue weighted by Crippen LogP contribution is -1.92. The van der Waals surface area contributed by atoms with E-state index < -0.39 is 0 Å². The monoisotopic (exact) mass is 142 g/mol. The molecule has 0 unspecified atom stereocenters. The van der Waals surface area contributed by atoms with Gasteiger partial charge in [-0.2, -0.15) is 0 Å². The fourth-order valence-electron chi connectivity index (χ4n) is 0.668. The number of hydrogen-bond donors (Lipinski definition) is 1. The molecule has 0 spiro atoms. The van der Waals surface area contributed by atoms with Crippen LogP contribution in [0.2, 0.25) is 0 Å². The minimum Gasteiger partial charge on any atom is -0.378 e. The van der Waals surface area contributed by atoms with Crippen LogP contribution in [0.3, 0.4) is 0 Å². The number of nitrogens with two attached hydrogens (primary N) is 1. The second-order valence-electron chi connectivity index (χ2n) is 1.92. The Bertz CT molecular complexity index is 197. The van der Waals surface area contributed by atoms with Crippen molar-refractivity contribution < 1.29 is 9.26 Å². The normalized spacial score (nSPS) is 10.2. The zero-order valence-electron chi connectivity index (χ0n) is 5.83. The highest BCUT2D eigenvalue weighted by Gasteiger charge is 1.99. The molecule has 1 aromatic heterocycles. The Morgan fingerprint density at radius 1 is 1.80 bits per heavy atom. The number of nitrogens with zero attached hydrogens (tertiary/aromatic N) is 1. The summed E-state index contributed by atoms with van der Waals surface area (Å²) in [5.41, 5.74) is 6.07. The van der Waals surface area contributed by atoms with Crippen LogP contribution in [-0.4, -0.2) is 12.3 Å². The van der Waals surface area contributed by atoms with Crippen LogP contribution in [0.4, 0.5) is 0 Å². The molecule has 1 aromatic rings. The van der Waals surface area contributed by atoms with Crippen LogP contribution < -0.4 is 5.73 Å². The molecule has 0 saturated carbocycles. The predicted molar refractivity (Wildman–Crippen MR) is 35.1 cm³/mol. The highest BCUT2D eigenvalue weighted by molar-refractivity contribution is 5.03. The van der Waals surface area contributed by atoms with Gasteiger partial charge >= 0.3 is 0 Å². The van der Waals surface area contributed by atoms with E-state index in [1.165, 1.54) is 0 Å². The summed E-state index contributed by atoms with van der Waals surface area (Å²) in [6.45, 7) is 0.861. The molecule has 2 N–H and O–H groups in total. The third kappa shape index (κ3) is 1.55. The standard InChI is InChI=1S/C6H10N2O2/c1-9-4-5-2-6(3-7)10-8-5/h2H,3-4,7H2,1H3. The van der Waals surface area contributed by atoms with Crippen molar-refractivity contribution in [1.82, 2.24) is 5.16 Å².